The Morgan fingerprint density at radius 3 is 2.76 bits per heavy atom. The molecule has 1 N–H and O–H groups in total. The lowest BCUT2D eigenvalue weighted by atomic mass is 9.79. The van der Waals surface area contributed by atoms with Gasteiger partial charge in [-0.15, -0.1) is 0 Å². The van der Waals surface area contributed by atoms with Crippen LogP contribution in [0.25, 0.3) is 0 Å². The Morgan fingerprint density at radius 2 is 2.10 bits per heavy atom. The van der Waals surface area contributed by atoms with E-state index in [2.05, 4.69) is 25.2 Å². The molecule has 3 rings (SSSR count). The monoisotopic (exact) mass is 284 g/mol. The first-order valence-electron chi connectivity index (χ1n) is 7.81. The molecule has 2 aromatic heterocycles. The molecule has 0 amide bonds. The maximum absolute atomic E-state index is 5.85. The summed E-state index contributed by atoms with van der Waals surface area (Å²) in [6.07, 6.45) is 5.48. The average Bonchev–Trinajstić information content (AvgIpc) is 2.75. The molecule has 0 spiro atoms. The summed E-state index contributed by atoms with van der Waals surface area (Å²) in [7, 11) is 2.04. The molecule has 0 bridgehead atoms. The topological polar surface area (TPSA) is 38.1 Å². The Labute approximate surface area is 126 Å². The molecular formula is C18H24N2O. The molecule has 2 unspecified atom stereocenters. The van der Waals surface area contributed by atoms with Gasteiger partial charge in [0.05, 0.1) is 0 Å². The Hall–Kier alpha value is -1.61. The van der Waals surface area contributed by atoms with E-state index >= 15 is 0 Å². The summed E-state index contributed by atoms with van der Waals surface area (Å²) in [6, 6.07) is 4.55. The van der Waals surface area contributed by atoms with Crippen molar-refractivity contribution in [3.63, 3.8) is 0 Å². The lowest BCUT2D eigenvalue weighted by molar-refractivity contribution is 0.406. The Balaban J connectivity index is 2.06. The highest BCUT2D eigenvalue weighted by molar-refractivity contribution is 5.38. The number of aromatic nitrogens is 1. The zero-order chi connectivity index (χ0) is 15.0. The van der Waals surface area contributed by atoms with Crippen LogP contribution < -0.4 is 5.32 Å². The van der Waals surface area contributed by atoms with Gasteiger partial charge in [0, 0.05) is 29.4 Å². The van der Waals surface area contributed by atoms with Gasteiger partial charge in [-0.25, -0.2) is 0 Å². The SMILES string of the molecule is CNC(c1c(C)oc(C)c1C)C1CCCc2cccnc21. The highest BCUT2D eigenvalue weighted by Crippen LogP contribution is 2.41. The second-order valence-corrected chi connectivity index (χ2v) is 6.07. The number of rotatable bonds is 3. The van der Waals surface area contributed by atoms with Crippen molar-refractivity contribution in [3.8, 4) is 0 Å². The van der Waals surface area contributed by atoms with Crippen molar-refractivity contribution in [2.24, 2.45) is 0 Å². The predicted molar refractivity (Wildman–Crippen MR) is 84.6 cm³/mol. The first kappa shape index (κ1) is 14.3. The van der Waals surface area contributed by atoms with Gasteiger partial charge < -0.3 is 9.73 Å². The third-order valence-electron chi connectivity index (χ3n) is 4.88. The van der Waals surface area contributed by atoms with E-state index in [1.165, 1.54) is 35.2 Å². The molecule has 2 aromatic rings. The first-order chi connectivity index (χ1) is 10.1. The summed E-state index contributed by atoms with van der Waals surface area (Å²) in [5.74, 6) is 2.49. The highest BCUT2D eigenvalue weighted by Gasteiger charge is 2.32. The van der Waals surface area contributed by atoms with Crippen molar-refractivity contribution >= 4 is 0 Å². The van der Waals surface area contributed by atoms with E-state index in [1.807, 2.05) is 26.2 Å². The molecule has 0 fully saturated rings. The van der Waals surface area contributed by atoms with Crippen LogP contribution in [0, 0.1) is 20.8 Å². The van der Waals surface area contributed by atoms with Crippen LogP contribution in [-0.2, 0) is 6.42 Å². The van der Waals surface area contributed by atoms with Crippen LogP contribution in [0.4, 0.5) is 0 Å². The fourth-order valence-electron chi connectivity index (χ4n) is 3.78. The van der Waals surface area contributed by atoms with Crippen molar-refractivity contribution in [1.29, 1.82) is 0 Å². The molecule has 0 saturated heterocycles. The molecule has 2 atom stereocenters. The minimum absolute atomic E-state index is 0.274. The van der Waals surface area contributed by atoms with E-state index in [4.69, 9.17) is 9.40 Å². The molecule has 112 valence electrons. The Morgan fingerprint density at radius 1 is 1.29 bits per heavy atom. The van der Waals surface area contributed by atoms with Gasteiger partial charge in [0.25, 0.3) is 0 Å². The summed E-state index contributed by atoms with van der Waals surface area (Å²) < 4.78 is 5.85. The largest absolute Gasteiger partial charge is 0.466 e. The van der Waals surface area contributed by atoms with E-state index in [0.29, 0.717) is 5.92 Å². The van der Waals surface area contributed by atoms with Crippen LogP contribution >= 0.6 is 0 Å². The van der Waals surface area contributed by atoms with Gasteiger partial charge in [0.1, 0.15) is 11.5 Å². The third-order valence-corrected chi connectivity index (χ3v) is 4.88. The lowest BCUT2D eigenvalue weighted by Gasteiger charge is -2.31. The Kier molecular flexibility index (Phi) is 3.85. The fourth-order valence-corrected chi connectivity index (χ4v) is 3.78. The number of fused-ring (bicyclic) bond motifs is 1. The summed E-state index contributed by atoms with van der Waals surface area (Å²) in [5, 5.41) is 3.52. The van der Waals surface area contributed by atoms with Gasteiger partial charge in [0.2, 0.25) is 0 Å². The summed E-state index contributed by atoms with van der Waals surface area (Å²) in [4.78, 5) is 4.69. The van der Waals surface area contributed by atoms with Gasteiger partial charge in [0.15, 0.2) is 0 Å². The van der Waals surface area contributed by atoms with E-state index in [-0.39, 0.29) is 6.04 Å². The Bertz CT molecular complexity index is 645. The number of pyridine rings is 1. The van der Waals surface area contributed by atoms with E-state index in [0.717, 1.165) is 17.9 Å². The molecule has 0 aromatic carbocycles. The second-order valence-electron chi connectivity index (χ2n) is 6.07. The average molecular weight is 284 g/mol. The molecule has 0 aliphatic heterocycles. The number of nitrogens with zero attached hydrogens (tertiary/aromatic N) is 1. The van der Waals surface area contributed by atoms with E-state index < -0.39 is 0 Å². The number of aryl methyl sites for hydroxylation is 3. The highest BCUT2D eigenvalue weighted by atomic mass is 16.3. The van der Waals surface area contributed by atoms with Crippen LogP contribution in [0.3, 0.4) is 0 Å². The molecule has 3 heteroatoms. The molecule has 1 aliphatic rings. The number of likely N-dealkylation sites (N-methyl/N-ethyl adjacent to an activating group) is 1. The van der Waals surface area contributed by atoms with Crippen molar-refractivity contribution in [3.05, 3.63) is 52.2 Å². The summed E-state index contributed by atoms with van der Waals surface area (Å²) in [5.41, 5.74) is 5.26. The summed E-state index contributed by atoms with van der Waals surface area (Å²) in [6.45, 7) is 6.28. The quantitative estimate of drug-likeness (QED) is 0.926. The molecule has 21 heavy (non-hydrogen) atoms. The van der Waals surface area contributed by atoms with Crippen LogP contribution in [0.15, 0.2) is 22.7 Å². The van der Waals surface area contributed by atoms with Crippen LogP contribution in [0.2, 0.25) is 0 Å². The van der Waals surface area contributed by atoms with Crippen molar-refractivity contribution in [2.75, 3.05) is 7.05 Å². The zero-order valence-corrected chi connectivity index (χ0v) is 13.4. The molecular weight excluding hydrogens is 260 g/mol. The smallest absolute Gasteiger partial charge is 0.106 e. The van der Waals surface area contributed by atoms with E-state index in [9.17, 15) is 0 Å². The maximum Gasteiger partial charge on any atom is 0.106 e. The van der Waals surface area contributed by atoms with Crippen LogP contribution in [0.5, 0.6) is 0 Å². The van der Waals surface area contributed by atoms with Gasteiger partial charge >= 0.3 is 0 Å². The second kappa shape index (κ2) is 5.64. The van der Waals surface area contributed by atoms with Crippen LogP contribution in [0.1, 0.15) is 58.7 Å². The van der Waals surface area contributed by atoms with Crippen LogP contribution in [-0.4, -0.2) is 12.0 Å². The molecule has 3 nitrogen and oxygen atoms in total. The molecule has 1 aliphatic carbocycles. The maximum atomic E-state index is 5.85. The van der Waals surface area contributed by atoms with E-state index in [1.54, 1.807) is 0 Å². The molecule has 2 heterocycles. The van der Waals surface area contributed by atoms with Gasteiger partial charge in [-0.05, 0) is 64.3 Å². The lowest BCUT2D eigenvalue weighted by Crippen LogP contribution is -2.28. The van der Waals surface area contributed by atoms with Gasteiger partial charge in [-0.3, -0.25) is 4.98 Å². The fraction of sp³-hybridized carbons (Fsp3) is 0.500. The van der Waals surface area contributed by atoms with Gasteiger partial charge in [-0.2, -0.15) is 0 Å². The zero-order valence-electron chi connectivity index (χ0n) is 13.4. The van der Waals surface area contributed by atoms with Crippen molar-refractivity contribution in [1.82, 2.24) is 10.3 Å². The first-order valence-corrected chi connectivity index (χ1v) is 7.81. The number of nitrogens with one attached hydrogen (secondary N) is 1. The molecule has 0 radical (unpaired) electrons. The third kappa shape index (κ3) is 2.40. The van der Waals surface area contributed by atoms with Gasteiger partial charge in [-0.1, -0.05) is 6.07 Å². The normalized spacial score (nSPS) is 19.3. The molecule has 0 saturated carbocycles. The standard InChI is InChI=1S/C18H24N2O/c1-11-12(2)21-13(3)16(11)18(19-4)15-9-5-7-14-8-6-10-20-17(14)15/h6,8,10,15,18-19H,5,7,9H2,1-4H3. The minimum Gasteiger partial charge on any atom is -0.466 e. The predicted octanol–water partition coefficient (Wildman–Crippen LogP) is 3.98. The number of hydrogen-bond donors (Lipinski definition) is 1. The minimum atomic E-state index is 0.274. The van der Waals surface area contributed by atoms with Crippen molar-refractivity contribution < 1.29 is 4.42 Å². The number of hydrogen-bond acceptors (Lipinski definition) is 3. The summed E-state index contributed by atoms with van der Waals surface area (Å²) >= 11 is 0. The van der Waals surface area contributed by atoms with Crippen molar-refractivity contribution in [2.45, 2.75) is 52.0 Å². The number of furan rings is 1.